The first-order valence-corrected chi connectivity index (χ1v) is 8.15. The summed E-state index contributed by atoms with van der Waals surface area (Å²) in [6.45, 7) is 5.72. The Kier molecular flexibility index (Phi) is 6.11. The molecule has 0 unspecified atom stereocenters. The fourth-order valence-electron chi connectivity index (χ4n) is 1.85. The second-order valence-electron chi connectivity index (χ2n) is 4.35. The van der Waals surface area contributed by atoms with Crippen molar-refractivity contribution in [2.24, 2.45) is 0 Å². The number of nitrogens with zero attached hydrogens (tertiary/aromatic N) is 1. The zero-order valence-electron chi connectivity index (χ0n) is 11.8. The van der Waals surface area contributed by atoms with Gasteiger partial charge in [0, 0.05) is 33.9 Å². The largest absolute Gasteiger partial charge is 0.720 e. The van der Waals surface area contributed by atoms with E-state index in [1.807, 2.05) is 4.90 Å². The predicted octanol–water partition coefficient (Wildman–Crippen LogP) is -0.514. The lowest BCUT2D eigenvalue weighted by Crippen LogP contribution is -2.59. The Bertz CT molecular complexity index is 340. The van der Waals surface area contributed by atoms with E-state index in [9.17, 15) is 14.4 Å². The Morgan fingerprint density at radius 2 is 1.35 bits per heavy atom. The minimum atomic E-state index is -3.75. The Labute approximate surface area is 118 Å². The minimum Gasteiger partial charge on any atom is -0.455 e. The molecule has 0 spiro atoms. The molecule has 9 heteroatoms. The van der Waals surface area contributed by atoms with Gasteiger partial charge >= 0.3 is 8.80 Å². The molecule has 1 saturated heterocycles. The maximum atomic E-state index is 11.3. The zero-order valence-corrected chi connectivity index (χ0v) is 12.8. The van der Waals surface area contributed by atoms with Gasteiger partial charge in [-0.3, -0.25) is 19.3 Å². The van der Waals surface area contributed by atoms with Gasteiger partial charge in [0.15, 0.2) is 0 Å². The Morgan fingerprint density at radius 1 is 0.950 bits per heavy atom. The van der Waals surface area contributed by atoms with E-state index in [4.69, 9.17) is 18.0 Å². The van der Waals surface area contributed by atoms with Gasteiger partial charge in [-0.2, -0.15) is 0 Å². The van der Waals surface area contributed by atoms with E-state index >= 15 is 0 Å². The Morgan fingerprint density at radius 3 is 1.70 bits per heavy atom. The first-order valence-electron chi connectivity index (χ1n) is 6.22. The van der Waals surface area contributed by atoms with Crippen LogP contribution in [0.25, 0.3) is 0 Å². The van der Waals surface area contributed by atoms with Crippen LogP contribution in [0.3, 0.4) is 0 Å². The van der Waals surface area contributed by atoms with Gasteiger partial charge < -0.3 is 18.0 Å². The molecule has 0 saturated carbocycles. The van der Waals surface area contributed by atoms with Crippen molar-refractivity contribution in [3.63, 3.8) is 0 Å². The Balaban J connectivity index is 2.89. The summed E-state index contributed by atoms with van der Waals surface area (Å²) in [6.07, 6.45) is 0.0785. The molecule has 0 aliphatic carbocycles. The lowest BCUT2D eigenvalue weighted by Gasteiger charge is -2.33. The first-order chi connectivity index (χ1) is 9.33. The van der Waals surface area contributed by atoms with E-state index in [0.717, 1.165) is 0 Å². The van der Waals surface area contributed by atoms with Crippen LogP contribution in [0.15, 0.2) is 0 Å². The number of hydrogen-bond acceptors (Lipinski definition) is 8. The summed E-state index contributed by atoms with van der Waals surface area (Å²) in [5, 5.41) is 0. The summed E-state index contributed by atoms with van der Waals surface area (Å²) in [5.74, 6) is -1.98. The van der Waals surface area contributed by atoms with Crippen molar-refractivity contribution < 1.29 is 32.4 Å². The van der Waals surface area contributed by atoms with Crippen molar-refractivity contribution in [2.75, 3.05) is 32.5 Å². The molecule has 0 aromatic carbocycles. The van der Waals surface area contributed by atoms with Crippen LogP contribution in [-0.4, -0.2) is 64.1 Å². The predicted molar refractivity (Wildman–Crippen MR) is 68.3 cm³/mol. The second kappa shape index (κ2) is 7.36. The molecule has 0 atom stereocenters. The van der Waals surface area contributed by atoms with Gasteiger partial charge in [-0.25, -0.2) is 0 Å². The molecule has 0 amide bonds. The molecule has 0 aromatic heterocycles. The third-order valence-corrected chi connectivity index (χ3v) is 5.05. The molecule has 0 N–H and O–H groups in total. The second-order valence-corrected chi connectivity index (χ2v) is 6.65. The standard InChI is InChI=1S/C11H19NO7Si/c1-9(13)17-20(18-10(2)14,19-11(3)15)8-12-4-6-16-7-5-12/h4-8H2,1-3H3. The van der Waals surface area contributed by atoms with Crippen LogP contribution < -0.4 is 0 Å². The average Bonchev–Trinajstić information content (AvgIpc) is 2.26. The first kappa shape index (κ1) is 16.6. The van der Waals surface area contributed by atoms with E-state index in [0.29, 0.717) is 26.3 Å². The highest BCUT2D eigenvalue weighted by atomic mass is 28.4. The maximum absolute atomic E-state index is 11.3. The zero-order chi connectivity index (χ0) is 15.2. The summed E-state index contributed by atoms with van der Waals surface area (Å²) < 4.78 is 20.5. The third kappa shape index (κ3) is 5.68. The molecular formula is C11H19NO7Si. The number of ether oxygens (including phenoxy) is 1. The maximum Gasteiger partial charge on any atom is 0.720 e. The molecule has 0 bridgehead atoms. The highest BCUT2D eigenvalue weighted by Crippen LogP contribution is 2.15. The average molecular weight is 305 g/mol. The molecule has 114 valence electrons. The third-order valence-electron chi connectivity index (χ3n) is 2.42. The molecule has 1 aliphatic heterocycles. The van der Waals surface area contributed by atoms with Gasteiger partial charge in [0.2, 0.25) is 0 Å². The molecule has 1 aliphatic rings. The van der Waals surface area contributed by atoms with Crippen molar-refractivity contribution in [1.29, 1.82) is 0 Å². The van der Waals surface area contributed by atoms with Crippen LogP contribution >= 0.6 is 0 Å². The summed E-state index contributed by atoms with van der Waals surface area (Å²) in [7, 11) is -3.75. The normalized spacial score (nSPS) is 16.4. The molecule has 1 fully saturated rings. The van der Waals surface area contributed by atoms with Crippen molar-refractivity contribution in [3.8, 4) is 0 Å². The van der Waals surface area contributed by atoms with Crippen LogP contribution in [0.2, 0.25) is 0 Å². The molecule has 1 heterocycles. The van der Waals surface area contributed by atoms with Gasteiger partial charge in [0.05, 0.1) is 13.2 Å². The fraction of sp³-hybridized carbons (Fsp3) is 0.727. The topological polar surface area (TPSA) is 91.4 Å². The molecule has 8 nitrogen and oxygen atoms in total. The van der Waals surface area contributed by atoms with Crippen LogP contribution in [-0.2, 0) is 32.4 Å². The summed E-state index contributed by atoms with van der Waals surface area (Å²) in [5.41, 5.74) is 0. The van der Waals surface area contributed by atoms with Crippen molar-refractivity contribution in [3.05, 3.63) is 0 Å². The highest BCUT2D eigenvalue weighted by molar-refractivity contribution is 6.65. The van der Waals surface area contributed by atoms with Gasteiger partial charge in [-0.1, -0.05) is 0 Å². The summed E-state index contributed by atoms with van der Waals surface area (Å²) in [6, 6.07) is 0. The lowest BCUT2D eigenvalue weighted by atomic mass is 10.5. The van der Waals surface area contributed by atoms with E-state index in [1.54, 1.807) is 0 Å². The van der Waals surface area contributed by atoms with Crippen molar-refractivity contribution >= 4 is 26.7 Å². The SMILES string of the molecule is CC(=O)O[Si](CN1CCOCC1)(OC(C)=O)OC(C)=O. The summed E-state index contributed by atoms with van der Waals surface area (Å²) in [4.78, 5) is 35.6. The molecule has 0 aromatic rings. The smallest absolute Gasteiger partial charge is 0.455 e. The molecular weight excluding hydrogens is 286 g/mol. The highest BCUT2D eigenvalue weighted by Gasteiger charge is 2.53. The van der Waals surface area contributed by atoms with Gasteiger partial charge in [-0.15, -0.1) is 0 Å². The number of rotatable bonds is 5. The number of carbonyl (C=O) groups excluding carboxylic acids is 3. The quantitative estimate of drug-likeness (QED) is 0.627. The summed E-state index contributed by atoms with van der Waals surface area (Å²) >= 11 is 0. The number of carbonyl (C=O) groups is 3. The molecule has 1 rings (SSSR count). The van der Waals surface area contributed by atoms with Crippen LogP contribution in [0.5, 0.6) is 0 Å². The van der Waals surface area contributed by atoms with Gasteiger partial charge in [0.25, 0.3) is 17.9 Å². The van der Waals surface area contributed by atoms with Crippen molar-refractivity contribution in [1.82, 2.24) is 4.90 Å². The fourth-order valence-corrected chi connectivity index (χ4v) is 4.35. The monoisotopic (exact) mass is 305 g/mol. The van der Waals surface area contributed by atoms with Crippen LogP contribution in [0.1, 0.15) is 20.8 Å². The van der Waals surface area contributed by atoms with Gasteiger partial charge in [-0.05, 0) is 0 Å². The number of morpholine rings is 1. The van der Waals surface area contributed by atoms with Crippen LogP contribution in [0.4, 0.5) is 0 Å². The molecule has 20 heavy (non-hydrogen) atoms. The lowest BCUT2D eigenvalue weighted by molar-refractivity contribution is -0.148. The van der Waals surface area contributed by atoms with Crippen molar-refractivity contribution in [2.45, 2.75) is 20.8 Å². The minimum absolute atomic E-state index is 0.0785. The van der Waals surface area contributed by atoms with E-state index < -0.39 is 26.7 Å². The molecule has 0 radical (unpaired) electrons. The van der Waals surface area contributed by atoms with E-state index in [2.05, 4.69) is 0 Å². The van der Waals surface area contributed by atoms with E-state index in [-0.39, 0.29) is 6.17 Å². The van der Waals surface area contributed by atoms with E-state index in [1.165, 1.54) is 20.8 Å². The number of hydrogen-bond donors (Lipinski definition) is 0. The Hall–Kier alpha value is -1.45. The van der Waals surface area contributed by atoms with Gasteiger partial charge in [0.1, 0.15) is 6.17 Å². The van der Waals surface area contributed by atoms with Crippen LogP contribution in [0, 0.1) is 0 Å².